The second-order valence-corrected chi connectivity index (χ2v) is 9.53. The fourth-order valence-electron chi connectivity index (χ4n) is 2.23. The van der Waals surface area contributed by atoms with Crippen molar-refractivity contribution in [1.29, 1.82) is 0 Å². The standard InChI is InChI=1S/C19H24O7S2/c1-15-4-8-18(9-5-15)27(20,21)25-13-12-24-14-17(3)26-28(22,23)19-10-6-16(2)7-11-19/h4-11,17H,12-14H2,1-3H3. The van der Waals surface area contributed by atoms with E-state index in [0.717, 1.165) is 11.1 Å². The van der Waals surface area contributed by atoms with Gasteiger partial charge in [0.05, 0.1) is 35.7 Å². The SMILES string of the molecule is Cc1ccc(S(=O)(=O)OCCOCC(C)OS(=O)(=O)c2ccc(C)cc2)cc1. The van der Waals surface area contributed by atoms with Crippen LogP contribution >= 0.6 is 0 Å². The fraction of sp³-hybridized carbons (Fsp3) is 0.368. The molecule has 0 saturated carbocycles. The number of rotatable bonds is 10. The molecule has 7 nitrogen and oxygen atoms in total. The predicted molar refractivity (Wildman–Crippen MR) is 104 cm³/mol. The van der Waals surface area contributed by atoms with Crippen LogP contribution in [0.1, 0.15) is 18.1 Å². The first-order chi connectivity index (χ1) is 13.1. The first-order valence-electron chi connectivity index (χ1n) is 8.64. The lowest BCUT2D eigenvalue weighted by Crippen LogP contribution is -2.22. The Kier molecular flexibility index (Phi) is 7.73. The molecule has 0 aliphatic carbocycles. The van der Waals surface area contributed by atoms with Crippen LogP contribution in [0.5, 0.6) is 0 Å². The molecular weight excluding hydrogens is 404 g/mol. The first kappa shape index (κ1) is 22.5. The van der Waals surface area contributed by atoms with E-state index in [2.05, 4.69) is 0 Å². The third-order valence-electron chi connectivity index (χ3n) is 3.73. The van der Waals surface area contributed by atoms with Crippen molar-refractivity contribution in [2.75, 3.05) is 19.8 Å². The molecule has 0 fully saturated rings. The number of hydrogen-bond donors (Lipinski definition) is 0. The topological polar surface area (TPSA) is 96.0 Å². The van der Waals surface area contributed by atoms with Crippen LogP contribution in [-0.4, -0.2) is 42.8 Å². The van der Waals surface area contributed by atoms with Gasteiger partial charge in [-0.1, -0.05) is 35.4 Å². The molecular formula is C19H24O7S2. The van der Waals surface area contributed by atoms with Crippen molar-refractivity contribution in [3.8, 4) is 0 Å². The summed E-state index contributed by atoms with van der Waals surface area (Å²) in [5.41, 5.74) is 1.88. The van der Waals surface area contributed by atoms with Gasteiger partial charge in [0, 0.05) is 0 Å². The lowest BCUT2D eigenvalue weighted by Gasteiger charge is -2.13. The minimum absolute atomic E-state index is 0.0244. The molecule has 1 unspecified atom stereocenters. The Hall–Kier alpha value is -1.78. The summed E-state index contributed by atoms with van der Waals surface area (Å²) in [7, 11) is -7.74. The van der Waals surface area contributed by atoms with E-state index in [1.165, 1.54) is 24.3 Å². The monoisotopic (exact) mass is 428 g/mol. The lowest BCUT2D eigenvalue weighted by molar-refractivity contribution is 0.0467. The van der Waals surface area contributed by atoms with Crippen molar-refractivity contribution in [3.63, 3.8) is 0 Å². The van der Waals surface area contributed by atoms with Gasteiger partial charge in [0.1, 0.15) is 0 Å². The van der Waals surface area contributed by atoms with Gasteiger partial charge in [-0.15, -0.1) is 0 Å². The van der Waals surface area contributed by atoms with Crippen molar-refractivity contribution in [2.24, 2.45) is 0 Å². The molecule has 0 aliphatic rings. The van der Waals surface area contributed by atoms with E-state index in [1.54, 1.807) is 31.2 Å². The number of ether oxygens (including phenoxy) is 1. The van der Waals surface area contributed by atoms with Crippen molar-refractivity contribution < 1.29 is 29.9 Å². The predicted octanol–water partition coefficient (Wildman–Crippen LogP) is 2.82. The average Bonchev–Trinajstić information content (AvgIpc) is 2.61. The summed E-state index contributed by atoms with van der Waals surface area (Å²) < 4.78 is 63.7. The molecule has 0 radical (unpaired) electrons. The van der Waals surface area contributed by atoms with Crippen LogP contribution < -0.4 is 0 Å². The Labute approximate surface area is 166 Å². The number of hydrogen-bond acceptors (Lipinski definition) is 7. The Morgan fingerprint density at radius 2 is 1.21 bits per heavy atom. The molecule has 1 atom stereocenters. The van der Waals surface area contributed by atoms with Crippen LogP contribution in [-0.2, 0) is 33.3 Å². The average molecular weight is 429 g/mol. The van der Waals surface area contributed by atoms with Crippen LogP contribution in [0.15, 0.2) is 58.3 Å². The van der Waals surface area contributed by atoms with Gasteiger partial charge in [-0.2, -0.15) is 16.8 Å². The summed E-state index contributed by atoms with van der Waals surface area (Å²) in [6.45, 7) is 5.02. The maximum Gasteiger partial charge on any atom is 0.297 e. The molecule has 2 rings (SSSR count). The van der Waals surface area contributed by atoms with Gasteiger partial charge >= 0.3 is 0 Å². The Balaban J connectivity index is 1.75. The third kappa shape index (κ3) is 6.68. The highest BCUT2D eigenvalue weighted by molar-refractivity contribution is 7.87. The van der Waals surface area contributed by atoms with Crippen molar-refractivity contribution >= 4 is 20.2 Å². The zero-order valence-electron chi connectivity index (χ0n) is 16.0. The molecule has 28 heavy (non-hydrogen) atoms. The molecule has 0 N–H and O–H groups in total. The van der Waals surface area contributed by atoms with Gasteiger partial charge in [-0.25, -0.2) is 0 Å². The molecule has 2 aromatic rings. The molecule has 2 aromatic carbocycles. The Morgan fingerprint density at radius 3 is 1.71 bits per heavy atom. The second kappa shape index (κ2) is 9.62. The highest BCUT2D eigenvalue weighted by atomic mass is 32.2. The van der Waals surface area contributed by atoms with Gasteiger partial charge in [-0.05, 0) is 45.0 Å². The normalized spacial score (nSPS) is 13.4. The zero-order chi connectivity index (χ0) is 20.8. The molecule has 0 heterocycles. The number of benzene rings is 2. The Morgan fingerprint density at radius 1 is 0.750 bits per heavy atom. The van der Waals surface area contributed by atoms with Crippen LogP contribution in [0.2, 0.25) is 0 Å². The maximum absolute atomic E-state index is 12.2. The Bertz CT molecular complexity index is 964. The van der Waals surface area contributed by atoms with E-state index in [9.17, 15) is 16.8 Å². The van der Waals surface area contributed by atoms with Crippen LogP contribution in [0.3, 0.4) is 0 Å². The third-order valence-corrected chi connectivity index (χ3v) is 6.49. The van der Waals surface area contributed by atoms with Gasteiger partial charge in [0.2, 0.25) is 0 Å². The van der Waals surface area contributed by atoms with E-state index in [0.29, 0.717) is 0 Å². The van der Waals surface area contributed by atoms with Gasteiger partial charge in [-0.3, -0.25) is 8.37 Å². The van der Waals surface area contributed by atoms with Gasteiger partial charge in [0.25, 0.3) is 20.2 Å². The minimum Gasteiger partial charge on any atom is -0.376 e. The summed E-state index contributed by atoms with van der Waals surface area (Å²) in [6, 6.07) is 12.6. The molecule has 0 amide bonds. The fourth-order valence-corrected chi connectivity index (χ4v) is 4.19. The van der Waals surface area contributed by atoms with Crippen LogP contribution in [0.4, 0.5) is 0 Å². The molecule has 0 aliphatic heterocycles. The summed E-state index contributed by atoms with van der Waals surface area (Å²) in [5, 5.41) is 0. The van der Waals surface area contributed by atoms with E-state index in [4.69, 9.17) is 13.1 Å². The van der Waals surface area contributed by atoms with E-state index < -0.39 is 26.3 Å². The van der Waals surface area contributed by atoms with Crippen LogP contribution in [0.25, 0.3) is 0 Å². The van der Waals surface area contributed by atoms with Crippen molar-refractivity contribution in [3.05, 3.63) is 59.7 Å². The van der Waals surface area contributed by atoms with Gasteiger partial charge < -0.3 is 4.74 Å². The van der Waals surface area contributed by atoms with Gasteiger partial charge in [0.15, 0.2) is 0 Å². The largest absolute Gasteiger partial charge is 0.376 e. The van der Waals surface area contributed by atoms with E-state index in [-0.39, 0.29) is 29.6 Å². The van der Waals surface area contributed by atoms with E-state index in [1.807, 2.05) is 13.8 Å². The summed E-state index contributed by atoms with van der Waals surface area (Å²) >= 11 is 0. The smallest absolute Gasteiger partial charge is 0.297 e. The van der Waals surface area contributed by atoms with E-state index >= 15 is 0 Å². The highest BCUT2D eigenvalue weighted by Gasteiger charge is 2.19. The second-order valence-electron chi connectivity index (χ2n) is 6.34. The van der Waals surface area contributed by atoms with Crippen molar-refractivity contribution in [1.82, 2.24) is 0 Å². The minimum atomic E-state index is -3.89. The quantitative estimate of drug-likeness (QED) is 0.424. The van der Waals surface area contributed by atoms with Crippen molar-refractivity contribution in [2.45, 2.75) is 36.7 Å². The number of aryl methyl sites for hydroxylation is 2. The highest BCUT2D eigenvalue weighted by Crippen LogP contribution is 2.15. The summed E-state index contributed by atoms with van der Waals surface area (Å²) in [5.74, 6) is 0. The molecule has 9 heteroatoms. The molecule has 0 aromatic heterocycles. The maximum atomic E-state index is 12.2. The summed E-state index contributed by atoms with van der Waals surface area (Å²) in [6.07, 6.45) is -0.736. The molecule has 0 spiro atoms. The lowest BCUT2D eigenvalue weighted by atomic mass is 10.2. The molecule has 0 bridgehead atoms. The first-order valence-corrected chi connectivity index (χ1v) is 11.5. The molecule has 154 valence electrons. The zero-order valence-corrected chi connectivity index (χ0v) is 17.6. The molecule has 0 saturated heterocycles. The van der Waals surface area contributed by atoms with Crippen LogP contribution in [0, 0.1) is 13.8 Å². The summed E-state index contributed by atoms with van der Waals surface area (Å²) in [4.78, 5) is 0.136.